The molecule has 2 rings (SSSR count). The Morgan fingerprint density at radius 2 is 1.88 bits per heavy atom. The number of hydrogen-bond donors (Lipinski definition) is 1. The van der Waals surface area contributed by atoms with Crippen LogP contribution in [-0.2, 0) is 16.0 Å². The molecule has 1 atom stereocenters. The van der Waals surface area contributed by atoms with Crippen LogP contribution >= 0.6 is 0 Å². The Kier molecular flexibility index (Phi) is 7.06. The molecule has 1 aliphatic carbocycles. The number of amides is 2. The summed E-state index contributed by atoms with van der Waals surface area (Å²) in [7, 11) is 1.85. The van der Waals surface area contributed by atoms with E-state index in [1.54, 1.807) is 4.90 Å². The summed E-state index contributed by atoms with van der Waals surface area (Å²) >= 11 is 0. The van der Waals surface area contributed by atoms with Gasteiger partial charge in [0.05, 0.1) is 0 Å². The fourth-order valence-electron chi connectivity index (χ4n) is 3.08. The molecule has 1 unspecified atom stereocenters. The molecule has 0 saturated heterocycles. The van der Waals surface area contributed by atoms with Crippen molar-refractivity contribution in [2.24, 2.45) is 5.92 Å². The SMILES string of the molecule is CN(CC1CCC1)C(=O)CC(Cc1ccccc1)NC(=O)OC(C)(C)C. The van der Waals surface area contributed by atoms with Crippen LogP contribution in [0, 0.1) is 5.92 Å². The van der Waals surface area contributed by atoms with Gasteiger partial charge in [-0.05, 0) is 51.5 Å². The summed E-state index contributed by atoms with van der Waals surface area (Å²) in [5.41, 5.74) is 0.523. The van der Waals surface area contributed by atoms with Crippen LogP contribution in [0.15, 0.2) is 30.3 Å². The smallest absolute Gasteiger partial charge is 0.407 e. The van der Waals surface area contributed by atoms with E-state index >= 15 is 0 Å². The molecule has 1 saturated carbocycles. The average Bonchev–Trinajstić information content (AvgIpc) is 2.49. The first-order valence-electron chi connectivity index (χ1n) is 9.50. The Labute approximate surface area is 157 Å². The van der Waals surface area contributed by atoms with Gasteiger partial charge in [-0.2, -0.15) is 0 Å². The zero-order chi connectivity index (χ0) is 19.2. The first kappa shape index (κ1) is 20.3. The molecule has 1 aromatic rings. The number of nitrogens with one attached hydrogen (secondary N) is 1. The highest BCUT2D eigenvalue weighted by atomic mass is 16.6. The van der Waals surface area contributed by atoms with Crippen molar-refractivity contribution in [1.29, 1.82) is 0 Å². The Morgan fingerprint density at radius 1 is 1.23 bits per heavy atom. The molecule has 1 aromatic carbocycles. The number of benzene rings is 1. The van der Waals surface area contributed by atoms with E-state index in [0.717, 1.165) is 12.1 Å². The molecular weight excluding hydrogens is 328 g/mol. The van der Waals surface area contributed by atoms with Crippen LogP contribution in [0.4, 0.5) is 4.79 Å². The lowest BCUT2D eigenvalue weighted by Crippen LogP contribution is -2.44. The number of hydrogen-bond acceptors (Lipinski definition) is 3. The predicted molar refractivity (Wildman–Crippen MR) is 103 cm³/mol. The molecule has 144 valence electrons. The molecule has 0 heterocycles. The van der Waals surface area contributed by atoms with Crippen LogP contribution in [-0.4, -0.2) is 42.1 Å². The number of alkyl carbamates (subject to hydrolysis) is 1. The second kappa shape index (κ2) is 9.06. The van der Waals surface area contributed by atoms with Crippen molar-refractivity contribution in [3.8, 4) is 0 Å². The maximum atomic E-state index is 12.6. The molecule has 5 heteroatoms. The fourth-order valence-corrected chi connectivity index (χ4v) is 3.08. The van der Waals surface area contributed by atoms with E-state index in [1.807, 2.05) is 58.2 Å². The molecule has 1 aliphatic rings. The topological polar surface area (TPSA) is 58.6 Å². The Morgan fingerprint density at radius 3 is 2.42 bits per heavy atom. The number of carbonyl (C=O) groups excluding carboxylic acids is 2. The molecule has 0 bridgehead atoms. The van der Waals surface area contributed by atoms with Gasteiger partial charge < -0.3 is 15.0 Å². The minimum absolute atomic E-state index is 0.0638. The molecule has 0 aliphatic heterocycles. The Balaban J connectivity index is 1.96. The monoisotopic (exact) mass is 360 g/mol. The van der Waals surface area contributed by atoms with E-state index in [-0.39, 0.29) is 18.4 Å². The van der Waals surface area contributed by atoms with Crippen molar-refractivity contribution in [2.75, 3.05) is 13.6 Å². The predicted octanol–water partition coefficient (Wildman–Crippen LogP) is 3.77. The Bertz CT molecular complexity index is 591. The summed E-state index contributed by atoms with van der Waals surface area (Å²) in [5.74, 6) is 0.698. The van der Waals surface area contributed by atoms with Crippen LogP contribution in [0.2, 0.25) is 0 Å². The van der Waals surface area contributed by atoms with Crippen molar-refractivity contribution in [3.63, 3.8) is 0 Å². The second-order valence-electron chi connectivity index (χ2n) is 8.31. The lowest BCUT2D eigenvalue weighted by Gasteiger charge is -2.31. The van der Waals surface area contributed by atoms with Crippen LogP contribution in [0.1, 0.15) is 52.0 Å². The van der Waals surface area contributed by atoms with Gasteiger partial charge in [-0.3, -0.25) is 4.79 Å². The molecule has 0 radical (unpaired) electrons. The van der Waals surface area contributed by atoms with E-state index in [1.165, 1.54) is 19.3 Å². The quantitative estimate of drug-likeness (QED) is 0.805. The summed E-state index contributed by atoms with van der Waals surface area (Å²) in [5, 5.41) is 2.88. The van der Waals surface area contributed by atoms with Gasteiger partial charge in [0.25, 0.3) is 0 Å². The normalized spacial score (nSPS) is 15.7. The lowest BCUT2D eigenvalue weighted by molar-refractivity contribution is -0.131. The third-order valence-electron chi connectivity index (χ3n) is 4.65. The number of carbonyl (C=O) groups is 2. The van der Waals surface area contributed by atoms with Crippen molar-refractivity contribution in [1.82, 2.24) is 10.2 Å². The molecule has 1 fully saturated rings. The van der Waals surface area contributed by atoms with Crippen LogP contribution in [0.5, 0.6) is 0 Å². The van der Waals surface area contributed by atoms with Crippen LogP contribution in [0.3, 0.4) is 0 Å². The van der Waals surface area contributed by atoms with E-state index in [0.29, 0.717) is 12.3 Å². The van der Waals surface area contributed by atoms with Gasteiger partial charge in [-0.25, -0.2) is 4.79 Å². The zero-order valence-corrected chi connectivity index (χ0v) is 16.5. The maximum Gasteiger partial charge on any atom is 0.407 e. The lowest BCUT2D eigenvalue weighted by atomic mass is 9.85. The van der Waals surface area contributed by atoms with E-state index in [4.69, 9.17) is 4.74 Å². The number of nitrogens with zero attached hydrogens (tertiary/aromatic N) is 1. The summed E-state index contributed by atoms with van der Waals surface area (Å²) < 4.78 is 5.36. The first-order valence-corrected chi connectivity index (χ1v) is 9.50. The van der Waals surface area contributed by atoms with Crippen LogP contribution < -0.4 is 5.32 Å². The van der Waals surface area contributed by atoms with Crippen LogP contribution in [0.25, 0.3) is 0 Å². The largest absolute Gasteiger partial charge is 0.444 e. The fraction of sp³-hybridized carbons (Fsp3) is 0.619. The van der Waals surface area contributed by atoms with Crippen molar-refractivity contribution in [3.05, 3.63) is 35.9 Å². The summed E-state index contributed by atoms with van der Waals surface area (Å²) in [6, 6.07) is 9.61. The summed E-state index contributed by atoms with van der Waals surface area (Å²) in [4.78, 5) is 26.6. The van der Waals surface area contributed by atoms with Gasteiger partial charge in [0.1, 0.15) is 5.60 Å². The highest BCUT2D eigenvalue weighted by Crippen LogP contribution is 2.27. The van der Waals surface area contributed by atoms with Gasteiger partial charge in [0.2, 0.25) is 5.91 Å². The third kappa shape index (κ3) is 7.06. The van der Waals surface area contributed by atoms with Crippen molar-refractivity contribution in [2.45, 2.75) is 64.5 Å². The van der Waals surface area contributed by atoms with E-state index in [9.17, 15) is 9.59 Å². The minimum Gasteiger partial charge on any atom is -0.444 e. The van der Waals surface area contributed by atoms with Gasteiger partial charge >= 0.3 is 6.09 Å². The molecule has 0 aromatic heterocycles. The molecule has 2 amide bonds. The van der Waals surface area contributed by atoms with Crippen molar-refractivity contribution < 1.29 is 14.3 Å². The minimum atomic E-state index is -0.563. The van der Waals surface area contributed by atoms with E-state index in [2.05, 4.69) is 5.32 Å². The molecule has 1 N–H and O–H groups in total. The van der Waals surface area contributed by atoms with Gasteiger partial charge in [0.15, 0.2) is 0 Å². The van der Waals surface area contributed by atoms with Crippen molar-refractivity contribution >= 4 is 12.0 Å². The maximum absolute atomic E-state index is 12.6. The zero-order valence-electron chi connectivity index (χ0n) is 16.5. The van der Waals surface area contributed by atoms with E-state index < -0.39 is 11.7 Å². The first-order chi connectivity index (χ1) is 12.2. The highest BCUT2D eigenvalue weighted by Gasteiger charge is 2.25. The molecule has 0 spiro atoms. The van der Waals surface area contributed by atoms with Gasteiger partial charge in [0, 0.05) is 26.1 Å². The Hall–Kier alpha value is -2.04. The molecule has 26 heavy (non-hydrogen) atoms. The average molecular weight is 360 g/mol. The number of rotatable bonds is 7. The van der Waals surface area contributed by atoms with Gasteiger partial charge in [-0.1, -0.05) is 36.8 Å². The number of ether oxygens (including phenoxy) is 1. The summed E-state index contributed by atoms with van der Waals surface area (Å²) in [6.07, 6.45) is 4.08. The molecular formula is C21H32N2O3. The molecule has 5 nitrogen and oxygen atoms in total. The highest BCUT2D eigenvalue weighted by molar-refractivity contribution is 5.77. The summed E-state index contributed by atoms with van der Waals surface area (Å²) in [6.45, 7) is 6.30. The third-order valence-corrected chi connectivity index (χ3v) is 4.65. The second-order valence-corrected chi connectivity index (χ2v) is 8.31. The van der Waals surface area contributed by atoms with Gasteiger partial charge in [-0.15, -0.1) is 0 Å². The standard InChI is InChI=1S/C21H32N2O3/c1-21(2,3)26-20(25)22-18(13-16-9-6-5-7-10-16)14-19(24)23(4)15-17-11-8-12-17/h5-7,9-10,17-18H,8,11-15H2,1-4H3,(H,22,25).